The predicted molar refractivity (Wildman–Crippen MR) is 108 cm³/mol. The number of allylic oxidation sites excluding steroid dienone is 2. The summed E-state index contributed by atoms with van der Waals surface area (Å²) in [5.74, 6) is -0.774. The lowest BCUT2D eigenvalue weighted by molar-refractivity contribution is 0.0946. The Bertz CT molecular complexity index is 1090. The summed E-state index contributed by atoms with van der Waals surface area (Å²) >= 11 is 1.04. The number of sulfonamides is 2. The average molecular weight is 442 g/mol. The number of thiophene rings is 1. The van der Waals surface area contributed by atoms with Crippen LogP contribution < -0.4 is 15.0 Å². The molecular formula is C17H19N3O5S3. The molecule has 0 aliphatic heterocycles. The Hall–Kier alpha value is -2.21. The minimum absolute atomic E-state index is 0.0112. The molecule has 0 unspecified atom stereocenters. The lowest BCUT2D eigenvalue weighted by Crippen LogP contribution is -2.42. The van der Waals surface area contributed by atoms with Gasteiger partial charge >= 0.3 is 0 Å². The first-order chi connectivity index (χ1) is 13.3. The second kappa shape index (κ2) is 8.43. The van der Waals surface area contributed by atoms with Crippen molar-refractivity contribution in [2.24, 2.45) is 0 Å². The van der Waals surface area contributed by atoms with E-state index in [0.717, 1.165) is 24.2 Å². The van der Waals surface area contributed by atoms with Gasteiger partial charge < -0.3 is 0 Å². The first-order valence-corrected chi connectivity index (χ1v) is 12.3. The molecule has 1 aromatic carbocycles. The highest BCUT2D eigenvalue weighted by molar-refractivity contribution is 7.94. The van der Waals surface area contributed by atoms with Crippen LogP contribution in [0.4, 0.5) is 5.69 Å². The number of rotatable bonds is 7. The average Bonchev–Trinajstić information content (AvgIpc) is 3.23. The second-order valence-electron chi connectivity index (χ2n) is 6.06. The third-order valence-electron chi connectivity index (χ3n) is 4.07. The molecule has 0 saturated carbocycles. The summed E-state index contributed by atoms with van der Waals surface area (Å²) in [5.41, 5.74) is 2.18. The van der Waals surface area contributed by atoms with E-state index >= 15 is 0 Å². The SMILES string of the molecule is O=C(NNS(=O)(=O)C1=CCCCC1)c1ccccc1NS(=O)(=O)c1cccs1. The predicted octanol–water partition coefficient (Wildman–Crippen LogP) is 2.57. The molecule has 0 atom stereocenters. The fraction of sp³-hybridized carbons (Fsp3) is 0.235. The summed E-state index contributed by atoms with van der Waals surface area (Å²) in [6.45, 7) is 0. The van der Waals surface area contributed by atoms with Gasteiger partial charge in [-0.05, 0) is 49.3 Å². The normalized spacial score (nSPS) is 14.9. The number of carbonyl (C=O) groups excluding carboxylic acids is 1. The Kier molecular flexibility index (Phi) is 6.18. The molecule has 8 nitrogen and oxygen atoms in total. The van der Waals surface area contributed by atoms with Gasteiger partial charge in [0.15, 0.2) is 0 Å². The molecule has 1 aromatic heterocycles. The first-order valence-electron chi connectivity index (χ1n) is 8.46. The van der Waals surface area contributed by atoms with Crippen molar-refractivity contribution < 1.29 is 21.6 Å². The number of para-hydroxylation sites is 1. The molecule has 11 heteroatoms. The second-order valence-corrected chi connectivity index (χ2v) is 10.7. The van der Waals surface area contributed by atoms with Gasteiger partial charge in [-0.15, -0.1) is 16.2 Å². The van der Waals surface area contributed by atoms with Crippen LogP contribution in [-0.2, 0) is 20.0 Å². The van der Waals surface area contributed by atoms with Crippen molar-refractivity contribution in [2.45, 2.75) is 29.9 Å². The number of hydrogen-bond donors (Lipinski definition) is 3. The highest BCUT2D eigenvalue weighted by Gasteiger charge is 2.22. The van der Waals surface area contributed by atoms with Crippen molar-refractivity contribution in [2.75, 3.05) is 4.72 Å². The van der Waals surface area contributed by atoms with E-state index < -0.39 is 26.0 Å². The van der Waals surface area contributed by atoms with E-state index in [-0.39, 0.29) is 20.4 Å². The lowest BCUT2D eigenvalue weighted by Gasteiger charge is -2.15. The number of anilines is 1. The molecule has 1 aliphatic rings. The Morgan fingerprint density at radius 3 is 2.43 bits per heavy atom. The van der Waals surface area contributed by atoms with Crippen molar-refractivity contribution in [3.63, 3.8) is 0 Å². The molecule has 0 bridgehead atoms. The topological polar surface area (TPSA) is 121 Å². The van der Waals surface area contributed by atoms with Gasteiger partial charge in [-0.3, -0.25) is 14.9 Å². The number of benzene rings is 1. The number of amides is 1. The minimum Gasteiger partial charge on any atom is -0.278 e. The molecule has 3 N–H and O–H groups in total. The van der Waals surface area contributed by atoms with Crippen LogP contribution in [-0.4, -0.2) is 22.7 Å². The summed E-state index contributed by atoms with van der Waals surface area (Å²) in [6, 6.07) is 9.00. The van der Waals surface area contributed by atoms with Gasteiger partial charge in [0.05, 0.1) is 16.2 Å². The molecule has 0 spiro atoms. The standard InChI is InChI=1S/C17H19N3O5S3/c21-17(18-20-27(22,23)13-7-2-1-3-8-13)14-9-4-5-10-15(14)19-28(24,25)16-11-6-12-26-16/h4-7,9-12,19-20H,1-3,8H2,(H,18,21). The largest absolute Gasteiger partial charge is 0.278 e. The number of hydrazine groups is 1. The fourth-order valence-corrected chi connectivity index (χ4v) is 5.86. The Morgan fingerprint density at radius 2 is 1.75 bits per heavy atom. The van der Waals surface area contributed by atoms with Gasteiger partial charge in [0.1, 0.15) is 4.21 Å². The number of nitrogens with one attached hydrogen (secondary N) is 3. The van der Waals surface area contributed by atoms with E-state index in [9.17, 15) is 21.6 Å². The maximum atomic E-state index is 12.5. The highest BCUT2D eigenvalue weighted by atomic mass is 32.2. The van der Waals surface area contributed by atoms with Crippen LogP contribution in [0.5, 0.6) is 0 Å². The molecule has 0 fully saturated rings. The summed E-state index contributed by atoms with van der Waals surface area (Å²) in [5, 5.41) is 1.63. The monoisotopic (exact) mass is 441 g/mol. The molecule has 0 saturated heterocycles. The van der Waals surface area contributed by atoms with E-state index in [1.165, 1.54) is 18.2 Å². The molecule has 1 heterocycles. The summed E-state index contributed by atoms with van der Waals surface area (Å²) in [6.07, 6.45) is 4.44. The number of carbonyl (C=O) groups is 1. The van der Waals surface area contributed by atoms with E-state index in [1.807, 2.05) is 0 Å². The van der Waals surface area contributed by atoms with E-state index in [0.29, 0.717) is 12.8 Å². The van der Waals surface area contributed by atoms with Crippen molar-refractivity contribution in [1.29, 1.82) is 0 Å². The van der Waals surface area contributed by atoms with Gasteiger partial charge in [0, 0.05) is 0 Å². The fourth-order valence-electron chi connectivity index (χ4n) is 2.68. The molecule has 3 rings (SSSR count). The van der Waals surface area contributed by atoms with Gasteiger partial charge in [-0.1, -0.05) is 24.3 Å². The van der Waals surface area contributed by atoms with Gasteiger partial charge in [0.25, 0.3) is 26.0 Å². The Morgan fingerprint density at radius 1 is 0.964 bits per heavy atom. The maximum Gasteiger partial charge on any atom is 0.271 e. The van der Waals surface area contributed by atoms with Crippen molar-refractivity contribution in [1.82, 2.24) is 10.3 Å². The zero-order valence-corrected chi connectivity index (χ0v) is 17.2. The van der Waals surface area contributed by atoms with Gasteiger partial charge in [0.2, 0.25) is 0 Å². The third-order valence-corrected chi connectivity index (χ3v) is 8.26. The van der Waals surface area contributed by atoms with Crippen molar-refractivity contribution >= 4 is 43.0 Å². The van der Waals surface area contributed by atoms with E-state index in [2.05, 4.69) is 15.0 Å². The number of hydrogen-bond acceptors (Lipinski definition) is 6. The van der Waals surface area contributed by atoms with Crippen molar-refractivity contribution in [3.8, 4) is 0 Å². The zero-order chi connectivity index (χ0) is 20.2. The van der Waals surface area contributed by atoms with Crippen LogP contribution in [0.25, 0.3) is 0 Å². The van der Waals surface area contributed by atoms with E-state index in [4.69, 9.17) is 0 Å². The third kappa shape index (κ3) is 4.79. The van der Waals surface area contributed by atoms with Crippen molar-refractivity contribution in [3.05, 3.63) is 58.3 Å². The molecule has 2 aromatic rings. The summed E-state index contributed by atoms with van der Waals surface area (Å²) < 4.78 is 51.9. The molecule has 1 amide bonds. The van der Waals surface area contributed by atoms with Gasteiger partial charge in [-0.2, -0.15) is 0 Å². The van der Waals surface area contributed by atoms with Crippen LogP contribution in [0.15, 0.2) is 57.0 Å². The van der Waals surface area contributed by atoms with Crippen LogP contribution in [0.3, 0.4) is 0 Å². The Labute approximate surface area is 167 Å². The zero-order valence-electron chi connectivity index (χ0n) is 14.7. The lowest BCUT2D eigenvalue weighted by atomic mass is 10.1. The molecule has 1 aliphatic carbocycles. The quantitative estimate of drug-likeness (QED) is 0.570. The van der Waals surface area contributed by atoms with Gasteiger partial charge in [-0.25, -0.2) is 16.8 Å². The minimum atomic E-state index is -3.85. The van der Waals surface area contributed by atoms with Crippen LogP contribution in [0.2, 0.25) is 0 Å². The van der Waals surface area contributed by atoms with E-state index in [1.54, 1.807) is 29.7 Å². The smallest absolute Gasteiger partial charge is 0.271 e. The van der Waals surface area contributed by atoms with Crippen LogP contribution in [0, 0.1) is 0 Å². The summed E-state index contributed by atoms with van der Waals surface area (Å²) in [7, 11) is -7.67. The maximum absolute atomic E-state index is 12.5. The molecule has 0 radical (unpaired) electrons. The van der Waals surface area contributed by atoms with Crippen LogP contribution in [0.1, 0.15) is 36.0 Å². The molecule has 150 valence electrons. The Balaban J connectivity index is 1.75. The molecular weight excluding hydrogens is 422 g/mol. The van der Waals surface area contributed by atoms with Crippen LogP contribution >= 0.6 is 11.3 Å². The summed E-state index contributed by atoms with van der Waals surface area (Å²) in [4.78, 5) is 14.8. The highest BCUT2D eigenvalue weighted by Crippen LogP contribution is 2.23. The molecule has 28 heavy (non-hydrogen) atoms. The first kappa shape index (κ1) is 20.5.